The van der Waals surface area contributed by atoms with Crippen molar-refractivity contribution in [2.75, 3.05) is 13.1 Å². The van der Waals surface area contributed by atoms with Gasteiger partial charge in [-0.25, -0.2) is 0 Å². The van der Waals surface area contributed by atoms with E-state index < -0.39 is 0 Å². The SMILES string of the molecule is C/C=C/CCNCC(C)C(=O)OCc1ccccc1. The van der Waals surface area contributed by atoms with Gasteiger partial charge in [-0.3, -0.25) is 4.79 Å². The number of rotatable bonds is 8. The van der Waals surface area contributed by atoms with E-state index >= 15 is 0 Å². The highest BCUT2D eigenvalue weighted by Gasteiger charge is 2.13. The second-order valence-corrected chi connectivity index (χ2v) is 4.56. The van der Waals surface area contributed by atoms with Crippen LogP contribution in [0.2, 0.25) is 0 Å². The summed E-state index contributed by atoms with van der Waals surface area (Å²) in [6.45, 7) is 5.79. The molecule has 0 amide bonds. The van der Waals surface area contributed by atoms with E-state index in [2.05, 4.69) is 11.4 Å². The van der Waals surface area contributed by atoms with Crippen molar-refractivity contribution in [2.24, 2.45) is 5.92 Å². The van der Waals surface area contributed by atoms with E-state index in [-0.39, 0.29) is 11.9 Å². The fourth-order valence-corrected chi connectivity index (χ4v) is 1.62. The van der Waals surface area contributed by atoms with Gasteiger partial charge in [0.15, 0.2) is 0 Å². The summed E-state index contributed by atoms with van der Waals surface area (Å²) in [4.78, 5) is 11.8. The molecule has 1 atom stereocenters. The zero-order valence-corrected chi connectivity index (χ0v) is 11.8. The number of carbonyl (C=O) groups excluding carboxylic acids is 1. The molecule has 0 aromatic heterocycles. The number of nitrogens with one attached hydrogen (secondary N) is 1. The Labute approximate surface area is 115 Å². The maximum atomic E-state index is 11.8. The molecule has 1 aromatic rings. The maximum absolute atomic E-state index is 11.8. The lowest BCUT2D eigenvalue weighted by atomic mass is 10.2. The molecule has 3 heteroatoms. The molecule has 0 saturated heterocycles. The third-order valence-corrected chi connectivity index (χ3v) is 2.80. The lowest BCUT2D eigenvalue weighted by molar-refractivity contribution is -0.149. The molecule has 0 aliphatic heterocycles. The van der Waals surface area contributed by atoms with Crippen molar-refractivity contribution in [1.29, 1.82) is 0 Å². The quantitative estimate of drug-likeness (QED) is 0.444. The summed E-state index contributed by atoms with van der Waals surface area (Å²) in [5, 5.41) is 3.25. The first-order valence-electron chi connectivity index (χ1n) is 6.76. The summed E-state index contributed by atoms with van der Waals surface area (Å²) in [5.74, 6) is -0.267. The van der Waals surface area contributed by atoms with Crippen LogP contribution in [0.15, 0.2) is 42.5 Å². The van der Waals surface area contributed by atoms with E-state index in [1.807, 2.05) is 50.3 Å². The molecule has 104 valence electrons. The number of ether oxygens (including phenoxy) is 1. The first-order chi connectivity index (χ1) is 9.24. The Bertz CT molecular complexity index is 387. The lowest BCUT2D eigenvalue weighted by Crippen LogP contribution is -2.28. The van der Waals surface area contributed by atoms with Gasteiger partial charge in [-0.1, -0.05) is 49.4 Å². The molecule has 1 aromatic carbocycles. The van der Waals surface area contributed by atoms with Gasteiger partial charge in [0.25, 0.3) is 0 Å². The van der Waals surface area contributed by atoms with Crippen molar-refractivity contribution in [3.05, 3.63) is 48.0 Å². The molecule has 0 radical (unpaired) electrons. The number of carbonyl (C=O) groups is 1. The number of hydrogen-bond donors (Lipinski definition) is 1. The summed E-state index contributed by atoms with van der Waals surface area (Å²) < 4.78 is 5.28. The van der Waals surface area contributed by atoms with Crippen molar-refractivity contribution in [2.45, 2.75) is 26.9 Å². The van der Waals surface area contributed by atoms with Crippen LogP contribution in [0, 0.1) is 5.92 Å². The van der Waals surface area contributed by atoms with Gasteiger partial charge < -0.3 is 10.1 Å². The van der Waals surface area contributed by atoms with E-state index in [1.54, 1.807) is 0 Å². The van der Waals surface area contributed by atoms with E-state index in [1.165, 1.54) is 0 Å². The van der Waals surface area contributed by atoms with Crippen LogP contribution in [0.4, 0.5) is 0 Å². The number of benzene rings is 1. The van der Waals surface area contributed by atoms with Gasteiger partial charge in [0, 0.05) is 6.54 Å². The number of esters is 1. The Morgan fingerprint density at radius 1 is 1.37 bits per heavy atom. The summed E-state index contributed by atoms with van der Waals surface area (Å²) in [6, 6.07) is 9.73. The van der Waals surface area contributed by atoms with Crippen molar-refractivity contribution in [3.63, 3.8) is 0 Å². The first-order valence-corrected chi connectivity index (χ1v) is 6.76. The summed E-state index contributed by atoms with van der Waals surface area (Å²) >= 11 is 0. The lowest BCUT2D eigenvalue weighted by Gasteiger charge is -2.12. The van der Waals surface area contributed by atoms with Crippen LogP contribution in [0.5, 0.6) is 0 Å². The Hall–Kier alpha value is -1.61. The van der Waals surface area contributed by atoms with E-state index in [9.17, 15) is 4.79 Å². The van der Waals surface area contributed by atoms with Gasteiger partial charge in [0.05, 0.1) is 5.92 Å². The Kier molecular flexibility index (Phi) is 7.59. The van der Waals surface area contributed by atoms with Crippen molar-refractivity contribution < 1.29 is 9.53 Å². The van der Waals surface area contributed by atoms with Crippen LogP contribution in [0.25, 0.3) is 0 Å². The normalized spacial score (nSPS) is 12.5. The highest BCUT2D eigenvalue weighted by Crippen LogP contribution is 2.04. The second-order valence-electron chi connectivity index (χ2n) is 4.56. The second kappa shape index (κ2) is 9.34. The van der Waals surface area contributed by atoms with Crippen molar-refractivity contribution in [1.82, 2.24) is 5.32 Å². The molecule has 19 heavy (non-hydrogen) atoms. The standard InChI is InChI=1S/C16H23NO2/c1-3-4-8-11-17-12-14(2)16(18)19-13-15-9-6-5-7-10-15/h3-7,9-10,14,17H,8,11-13H2,1-2H3/b4-3+. The largest absolute Gasteiger partial charge is 0.461 e. The molecule has 0 fully saturated rings. The minimum Gasteiger partial charge on any atom is -0.461 e. The van der Waals surface area contributed by atoms with E-state index in [0.29, 0.717) is 13.2 Å². The van der Waals surface area contributed by atoms with E-state index in [4.69, 9.17) is 4.74 Å². The Morgan fingerprint density at radius 2 is 2.11 bits per heavy atom. The molecular weight excluding hydrogens is 238 g/mol. The fraction of sp³-hybridized carbons (Fsp3) is 0.438. The molecule has 0 aliphatic rings. The Morgan fingerprint density at radius 3 is 2.79 bits per heavy atom. The average Bonchev–Trinajstić information content (AvgIpc) is 2.45. The molecule has 1 unspecified atom stereocenters. The zero-order valence-electron chi connectivity index (χ0n) is 11.8. The highest BCUT2D eigenvalue weighted by atomic mass is 16.5. The van der Waals surface area contributed by atoms with Crippen LogP contribution in [0.1, 0.15) is 25.8 Å². The zero-order chi connectivity index (χ0) is 13.9. The summed E-state index contributed by atoms with van der Waals surface area (Å²) in [6.07, 6.45) is 5.12. The molecular formula is C16H23NO2. The average molecular weight is 261 g/mol. The van der Waals surface area contributed by atoms with Gasteiger partial charge in [-0.05, 0) is 25.5 Å². The molecule has 0 saturated carbocycles. The third kappa shape index (κ3) is 6.77. The van der Waals surface area contributed by atoms with Crippen LogP contribution >= 0.6 is 0 Å². The molecule has 1 N–H and O–H groups in total. The molecule has 0 bridgehead atoms. The monoisotopic (exact) mass is 261 g/mol. The van der Waals surface area contributed by atoms with Gasteiger partial charge >= 0.3 is 5.97 Å². The first kappa shape index (κ1) is 15.4. The molecule has 0 aliphatic carbocycles. The maximum Gasteiger partial charge on any atom is 0.310 e. The molecule has 3 nitrogen and oxygen atoms in total. The van der Waals surface area contributed by atoms with Crippen LogP contribution < -0.4 is 5.32 Å². The smallest absolute Gasteiger partial charge is 0.310 e. The fourth-order valence-electron chi connectivity index (χ4n) is 1.62. The van der Waals surface area contributed by atoms with Crippen LogP contribution in [0.3, 0.4) is 0 Å². The van der Waals surface area contributed by atoms with E-state index in [0.717, 1.165) is 18.5 Å². The van der Waals surface area contributed by atoms with Gasteiger partial charge in [0.2, 0.25) is 0 Å². The van der Waals surface area contributed by atoms with Crippen LogP contribution in [-0.4, -0.2) is 19.1 Å². The van der Waals surface area contributed by atoms with Gasteiger partial charge in [0.1, 0.15) is 6.61 Å². The predicted molar refractivity (Wildman–Crippen MR) is 77.7 cm³/mol. The third-order valence-electron chi connectivity index (χ3n) is 2.80. The minimum absolute atomic E-state index is 0.116. The van der Waals surface area contributed by atoms with Gasteiger partial charge in [-0.2, -0.15) is 0 Å². The molecule has 0 spiro atoms. The summed E-state index contributed by atoms with van der Waals surface area (Å²) in [7, 11) is 0. The topological polar surface area (TPSA) is 38.3 Å². The number of hydrogen-bond acceptors (Lipinski definition) is 3. The van der Waals surface area contributed by atoms with Crippen molar-refractivity contribution >= 4 is 5.97 Å². The molecule has 0 heterocycles. The molecule has 1 rings (SSSR count). The predicted octanol–water partition coefficient (Wildman–Crippen LogP) is 2.92. The van der Waals surface area contributed by atoms with Crippen LogP contribution in [-0.2, 0) is 16.1 Å². The Balaban J connectivity index is 2.18. The summed E-state index contributed by atoms with van der Waals surface area (Å²) in [5.41, 5.74) is 1.02. The highest BCUT2D eigenvalue weighted by molar-refractivity contribution is 5.72. The van der Waals surface area contributed by atoms with Crippen molar-refractivity contribution in [3.8, 4) is 0 Å². The van der Waals surface area contributed by atoms with Gasteiger partial charge in [-0.15, -0.1) is 0 Å². The number of allylic oxidation sites excluding steroid dienone is 1. The minimum atomic E-state index is -0.151.